The molecule has 0 bridgehead atoms. The van der Waals surface area contributed by atoms with Crippen molar-refractivity contribution < 1.29 is 33.7 Å². The van der Waals surface area contributed by atoms with Gasteiger partial charge < -0.3 is 19.3 Å². The smallest absolute Gasteiger partial charge is 0.392 e. The van der Waals surface area contributed by atoms with Gasteiger partial charge >= 0.3 is 23.7 Å². The second-order valence-electron chi connectivity index (χ2n) is 3.76. The highest BCUT2D eigenvalue weighted by Gasteiger charge is 2.43. The fraction of sp³-hybridized carbons (Fsp3) is 0.462. The van der Waals surface area contributed by atoms with Crippen LogP contribution in [0.4, 0.5) is 0 Å². The predicted molar refractivity (Wildman–Crippen MR) is 68.3 cm³/mol. The van der Waals surface area contributed by atoms with E-state index in [0.29, 0.717) is 12.8 Å². The highest BCUT2D eigenvalue weighted by molar-refractivity contribution is 5.89. The molecule has 0 spiro atoms. The molecular weight excluding hydrogens is 268 g/mol. The van der Waals surface area contributed by atoms with Crippen LogP contribution in [0.2, 0.25) is 0 Å². The molecule has 0 atom stereocenters. The summed E-state index contributed by atoms with van der Waals surface area (Å²) in [5.74, 6) is -5.15. The van der Waals surface area contributed by atoms with Crippen molar-refractivity contribution in [2.75, 3.05) is 13.2 Å². The summed E-state index contributed by atoms with van der Waals surface area (Å²) < 4.78 is 14.2. The first-order chi connectivity index (χ1) is 9.39. The maximum atomic E-state index is 11.8. The van der Waals surface area contributed by atoms with Gasteiger partial charge in [-0.15, -0.1) is 0 Å². The van der Waals surface area contributed by atoms with Gasteiger partial charge in [-0.3, -0.25) is 0 Å². The minimum absolute atomic E-state index is 0.00768. The van der Waals surface area contributed by atoms with Crippen LogP contribution in [0.3, 0.4) is 0 Å². The third-order valence-corrected chi connectivity index (χ3v) is 2.08. The number of ether oxygens (including phenoxy) is 3. The van der Waals surface area contributed by atoms with Gasteiger partial charge in [-0.25, -0.2) is 14.4 Å². The lowest BCUT2D eigenvalue weighted by atomic mass is 10.3. The van der Waals surface area contributed by atoms with Crippen molar-refractivity contribution in [3.05, 3.63) is 25.3 Å². The third kappa shape index (κ3) is 6.14. The standard InChI is InChI=1S/C13H18O7/c1-4-10(15)19-13(3,20-11(16)5-2)12(17)18-9-7-6-8-14/h4-5,14H,1-2,6-9H2,3H3. The van der Waals surface area contributed by atoms with Gasteiger partial charge in [0, 0.05) is 25.7 Å². The molecule has 7 heteroatoms. The Morgan fingerprint density at radius 2 is 1.60 bits per heavy atom. The van der Waals surface area contributed by atoms with Crippen molar-refractivity contribution in [2.24, 2.45) is 0 Å². The minimum atomic E-state index is -2.21. The number of esters is 3. The fourth-order valence-corrected chi connectivity index (χ4v) is 1.08. The van der Waals surface area contributed by atoms with E-state index in [-0.39, 0.29) is 13.2 Å². The van der Waals surface area contributed by atoms with E-state index in [4.69, 9.17) is 19.3 Å². The Bertz CT molecular complexity index is 364. The Labute approximate surface area is 116 Å². The second-order valence-corrected chi connectivity index (χ2v) is 3.76. The van der Waals surface area contributed by atoms with Crippen LogP contribution in [-0.2, 0) is 28.6 Å². The third-order valence-electron chi connectivity index (χ3n) is 2.08. The van der Waals surface area contributed by atoms with Crippen LogP contribution in [0, 0.1) is 0 Å². The summed E-state index contributed by atoms with van der Waals surface area (Å²) >= 11 is 0. The van der Waals surface area contributed by atoms with E-state index in [1.54, 1.807) is 0 Å². The lowest BCUT2D eigenvalue weighted by Gasteiger charge is -2.25. The molecule has 0 rings (SSSR count). The molecule has 0 fully saturated rings. The first-order valence-corrected chi connectivity index (χ1v) is 5.88. The van der Waals surface area contributed by atoms with Crippen LogP contribution >= 0.6 is 0 Å². The summed E-state index contributed by atoms with van der Waals surface area (Å²) in [6.45, 7) is 7.38. The van der Waals surface area contributed by atoms with Gasteiger partial charge in [0.1, 0.15) is 0 Å². The van der Waals surface area contributed by atoms with E-state index in [9.17, 15) is 14.4 Å². The molecule has 0 saturated heterocycles. The minimum Gasteiger partial charge on any atom is -0.460 e. The van der Waals surface area contributed by atoms with Crippen molar-refractivity contribution in [2.45, 2.75) is 25.6 Å². The van der Waals surface area contributed by atoms with Gasteiger partial charge in [-0.2, -0.15) is 0 Å². The number of aliphatic hydroxyl groups is 1. The zero-order valence-corrected chi connectivity index (χ0v) is 11.3. The molecule has 0 aliphatic carbocycles. The van der Waals surface area contributed by atoms with Crippen molar-refractivity contribution >= 4 is 17.9 Å². The van der Waals surface area contributed by atoms with Crippen molar-refractivity contribution in [3.8, 4) is 0 Å². The molecule has 112 valence electrons. The van der Waals surface area contributed by atoms with Crippen molar-refractivity contribution in [1.82, 2.24) is 0 Å². The maximum absolute atomic E-state index is 11.8. The van der Waals surface area contributed by atoms with Gasteiger partial charge in [0.05, 0.1) is 6.61 Å². The fourth-order valence-electron chi connectivity index (χ4n) is 1.08. The number of unbranched alkanes of at least 4 members (excludes halogenated alkanes) is 1. The molecule has 0 amide bonds. The van der Waals surface area contributed by atoms with E-state index in [2.05, 4.69) is 13.2 Å². The molecule has 0 saturated carbocycles. The summed E-state index contributed by atoms with van der Waals surface area (Å²) in [6, 6.07) is 0. The van der Waals surface area contributed by atoms with Crippen molar-refractivity contribution in [3.63, 3.8) is 0 Å². The summed E-state index contributed by atoms with van der Waals surface area (Å²) in [4.78, 5) is 34.2. The van der Waals surface area contributed by atoms with Crippen LogP contribution in [0.15, 0.2) is 25.3 Å². The van der Waals surface area contributed by atoms with Crippen LogP contribution < -0.4 is 0 Å². The molecule has 0 aliphatic heterocycles. The largest absolute Gasteiger partial charge is 0.460 e. The SMILES string of the molecule is C=CC(=O)OC(C)(OC(=O)C=C)C(=O)OCCCCO. The number of carbonyl (C=O) groups is 3. The van der Waals surface area contributed by atoms with Crippen molar-refractivity contribution in [1.29, 1.82) is 0 Å². The van der Waals surface area contributed by atoms with E-state index in [1.165, 1.54) is 0 Å². The Balaban J connectivity index is 4.76. The van der Waals surface area contributed by atoms with Gasteiger partial charge in [-0.1, -0.05) is 13.2 Å². The average Bonchev–Trinajstić information content (AvgIpc) is 2.42. The molecule has 0 aliphatic rings. The Hall–Kier alpha value is -2.15. The number of hydrogen-bond donors (Lipinski definition) is 1. The average molecular weight is 286 g/mol. The normalized spacial score (nSPS) is 10.3. The quantitative estimate of drug-likeness (QED) is 0.285. The second kappa shape index (κ2) is 8.87. The first kappa shape index (κ1) is 17.8. The number of carbonyl (C=O) groups excluding carboxylic acids is 3. The Morgan fingerprint density at radius 3 is 2.00 bits per heavy atom. The molecule has 0 unspecified atom stereocenters. The summed E-state index contributed by atoms with van der Waals surface area (Å²) in [5.41, 5.74) is 0. The van der Waals surface area contributed by atoms with Gasteiger partial charge in [0.25, 0.3) is 0 Å². The zero-order valence-electron chi connectivity index (χ0n) is 11.3. The summed E-state index contributed by atoms with van der Waals surface area (Å²) in [7, 11) is 0. The molecule has 0 heterocycles. The van der Waals surface area contributed by atoms with Gasteiger partial charge in [-0.05, 0) is 12.8 Å². The molecular formula is C13H18O7. The number of aliphatic hydroxyl groups excluding tert-OH is 1. The van der Waals surface area contributed by atoms with Crippen LogP contribution in [0.1, 0.15) is 19.8 Å². The maximum Gasteiger partial charge on any atom is 0.392 e. The lowest BCUT2D eigenvalue weighted by Crippen LogP contribution is -2.45. The molecule has 20 heavy (non-hydrogen) atoms. The van der Waals surface area contributed by atoms with Crippen LogP contribution in [0.5, 0.6) is 0 Å². The van der Waals surface area contributed by atoms with E-state index in [1.807, 2.05) is 0 Å². The van der Waals surface area contributed by atoms with Crippen LogP contribution in [-0.4, -0.2) is 42.0 Å². The molecule has 1 N–H and O–H groups in total. The summed E-state index contributed by atoms with van der Waals surface area (Å²) in [5, 5.41) is 8.59. The van der Waals surface area contributed by atoms with E-state index >= 15 is 0 Å². The predicted octanol–water partition coefficient (Wildman–Crippen LogP) is 0.477. The first-order valence-electron chi connectivity index (χ1n) is 5.88. The lowest BCUT2D eigenvalue weighted by molar-refractivity contribution is -0.230. The topological polar surface area (TPSA) is 99.1 Å². The molecule has 7 nitrogen and oxygen atoms in total. The van der Waals surface area contributed by atoms with Gasteiger partial charge in [0.2, 0.25) is 0 Å². The Kier molecular flexibility index (Phi) is 7.91. The van der Waals surface area contributed by atoms with E-state index < -0.39 is 23.7 Å². The number of hydrogen-bond acceptors (Lipinski definition) is 7. The highest BCUT2D eigenvalue weighted by Crippen LogP contribution is 2.16. The molecule has 0 aromatic rings. The van der Waals surface area contributed by atoms with Gasteiger partial charge in [0.15, 0.2) is 0 Å². The zero-order chi connectivity index (χ0) is 15.6. The summed E-state index contributed by atoms with van der Waals surface area (Å²) in [6.07, 6.45) is 2.50. The number of rotatable bonds is 9. The molecule has 0 aromatic heterocycles. The molecule has 0 radical (unpaired) electrons. The molecule has 0 aromatic carbocycles. The Morgan fingerprint density at radius 1 is 1.10 bits per heavy atom. The monoisotopic (exact) mass is 286 g/mol. The van der Waals surface area contributed by atoms with Crippen LogP contribution in [0.25, 0.3) is 0 Å². The van der Waals surface area contributed by atoms with E-state index in [0.717, 1.165) is 19.1 Å². The highest BCUT2D eigenvalue weighted by atomic mass is 16.8.